The smallest absolute Gasteiger partial charge is 0.312 e. The number of benzene rings is 2. The van der Waals surface area contributed by atoms with Crippen LogP contribution in [0.4, 0.5) is 0 Å². The van der Waals surface area contributed by atoms with Gasteiger partial charge in [0.15, 0.2) is 9.84 Å². The molecule has 2 aromatic carbocycles. The molecule has 1 saturated carbocycles. The number of carboxylic acids is 1. The van der Waals surface area contributed by atoms with Gasteiger partial charge in [0.05, 0.1) is 10.1 Å². The molecule has 0 heterocycles. The standard InChI is InChI=1S/C18H18BrNO4S/c1-11-2-8-14(9-3-11)25(23,24)16-15(18(16,10-20)17(21)22)12-4-6-13(19)7-5-12/h2-9,15-16H,10,20H2,1H3,(H,21,22)/t15-,16+,18-/m1/s1. The van der Waals surface area contributed by atoms with Gasteiger partial charge in [-0.05, 0) is 36.8 Å². The van der Waals surface area contributed by atoms with E-state index >= 15 is 0 Å². The molecule has 5 nitrogen and oxygen atoms in total. The fraction of sp³-hybridized carbons (Fsp3) is 0.278. The topological polar surface area (TPSA) is 97.5 Å². The summed E-state index contributed by atoms with van der Waals surface area (Å²) in [6.07, 6.45) is 0. The molecule has 0 aromatic heterocycles. The monoisotopic (exact) mass is 423 g/mol. The third-order valence-electron chi connectivity index (χ3n) is 4.91. The van der Waals surface area contributed by atoms with Crippen LogP contribution in [0.25, 0.3) is 0 Å². The van der Waals surface area contributed by atoms with E-state index in [2.05, 4.69) is 15.9 Å². The number of carboxylic acid groups (broad SMARTS) is 1. The van der Waals surface area contributed by atoms with Gasteiger partial charge >= 0.3 is 5.97 Å². The lowest BCUT2D eigenvalue weighted by Gasteiger charge is -2.10. The van der Waals surface area contributed by atoms with Gasteiger partial charge in [0.2, 0.25) is 0 Å². The number of sulfone groups is 1. The molecular weight excluding hydrogens is 406 g/mol. The van der Waals surface area contributed by atoms with Crippen LogP contribution in [-0.4, -0.2) is 31.3 Å². The Bertz CT molecular complexity index is 909. The Hall–Kier alpha value is -1.70. The van der Waals surface area contributed by atoms with Crippen LogP contribution < -0.4 is 5.73 Å². The highest BCUT2D eigenvalue weighted by Gasteiger charge is 2.75. The summed E-state index contributed by atoms with van der Waals surface area (Å²) >= 11 is 3.33. The van der Waals surface area contributed by atoms with Crippen LogP contribution in [0.1, 0.15) is 17.0 Å². The molecule has 3 N–H and O–H groups in total. The van der Waals surface area contributed by atoms with Gasteiger partial charge in [-0.2, -0.15) is 0 Å². The minimum Gasteiger partial charge on any atom is -0.481 e. The summed E-state index contributed by atoms with van der Waals surface area (Å²) in [6.45, 7) is 1.62. The highest BCUT2D eigenvalue weighted by atomic mass is 79.9. The maximum atomic E-state index is 13.1. The van der Waals surface area contributed by atoms with Crippen molar-refractivity contribution in [2.24, 2.45) is 11.1 Å². The first-order valence-electron chi connectivity index (χ1n) is 7.74. The second-order valence-electron chi connectivity index (χ2n) is 6.36. The summed E-state index contributed by atoms with van der Waals surface area (Å²) in [5.41, 5.74) is 5.86. The normalized spacial score (nSPS) is 25.6. The van der Waals surface area contributed by atoms with Crippen molar-refractivity contribution in [2.45, 2.75) is 23.0 Å². The van der Waals surface area contributed by atoms with Crippen molar-refractivity contribution < 1.29 is 18.3 Å². The first-order valence-corrected chi connectivity index (χ1v) is 10.1. The average molecular weight is 424 g/mol. The molecule has 25 heavy (non-hydrogen) atoms. The summed E-state index contributed by atoms with van der Waals surface area (Å²) in [5.74, 6) is -1.85. The van der Waals surface area contributed by atoms with E-state index in [4.69, 9.17) is 5.73 Å². The van der Waals surface area contributed by atoms with Crippen LogP contribution in [0.3, 0.4) is 0 Å². The van der Waals surface area contributed by atoms with Crippen molar-refractivity contribution >= 4 is 31.7 Å². The van der Waals surface area contributed by atoms with Crippen LogP contribution in [0.15, 0.2) is 57.9 Å². The molecule has 1 aliphatic carbocycles. The second kappa shape index (κ2) is 6.23. The number of nitrogens with two attached hydrogens (primary N) is 1. The summed E-state index contributed by atoms with van der Waals surface area (Å²) in [6, 6.07) is 13.5. The van der Waals surface area contributed by atoms with Gasteiger partial charge in [0.1, 0.15) is 5.41 Å². The van der Waals surface area contributed by atoms with Crippen molar-refractivity contribution in [1.82, 2.24) is 0 Å². The summed E-state index contributed by atoms with van der Waals surface area (Å²) < 4.78 is 27.1. The van der Waals surface area contributed by atoms with Gasteiger partial charge in [-0.25, -0.2) is 8.42 Å². The SMILES string of the molecule is Cc1ccc(S(=O)(=O)[C@H]2[C@@H](c3ccc(Br)cc3)[C@@]2(CN)C(=O)O)cc1. The molecule has 2 aromatic rings. The Labute approximate surface area is 154 Å². The van der Waals surface area contributed by atoms with Crippen LogP contribution in [0, 0.1) is 12.3 Å². The molecule has 0 unspecified atom stereocenters. The minimum absolute atomic E-state index is 0.127. The number of aliphatic carboxylic acids is 1. The molecule has 1 aliphatic rings. The Morgan fingerprint density at radius 1 is 1.16 bits per heavy atom. The zero-order valence-corrected chi connectivity index (χ0v) is 15.9. The summed E-state index contributed by atoms with van der Waals surface area (Å²) in [5, 5.41) is 8.68. The molecule has 3 rings (SSSR count). The molecule has 7 heteroatoms. The molecule has 0 aliphatic heterocycles. The Kier molecular flexibility index (Phi) is 4.51. The molecule has 0 spiro atoms. The molecule has 1 fully saturated rings. The number of rotatable bonds is 5. The molecule has 132 valence electrons. The second-order valence-corrected chi connectivity index (χ2v) is 9.34. The van der Waals surface area contributed by atoms with E-state index in [0.717, 1.165) is 10.0 Å². The zero-order chi connectivity index (χ0) is 18.4. The predicted molar refractivity (Wildman–Crippen MR) is 98.2 cm³/mol. The van der Waals surface area contributed by atoms with Crippen LogP contribution >= 0.6 is 15.9 Å². The quantitative estimate of drug-likeness (QED) is 0.770. The number of halogens is 1. The van der Waals surface area contributed by atoms with Gasteiger partial charge < -0.3 is 10.8 Å². The van der Waals surface area contributed by atoms with Crippen molar-refractivity contribution in [3.8, 4) is 0 Å². The molecule has 0 bridgehead atoms. The number of aryl methyl sites for hydroxylation is 1. The van der Waals surface area contributed by atoms with Gasteiger partial charge in [-0.3, -0.25) is 4.79 Å². The molecular formula is C18H18BrNO4S. The molecule has 0 radical (unpaired) electrons. The maximum absolute atomic E-state index is 13.1. The van der Waals surface area contributed by atoms with E-state index in [1.807, 2.05) is 6.92 Å². The Morgan fingerprint density at radius 2 is 1.72 bits per heavy atom. The minimum atomic E-state index is -3.83. The van der Waals surface area contributed by atoms with Crippen molar-refractivity contribution in [3.63, 3.8) is 0 Å². The van der Waals surface area contributed by atoms with Crippen molar-refractivity contribution in [3.05, 3.63) is 64.1 Å². The lowest BCUT2D eigenvalue weighted by molar-refractivity contribution is -0.143. The van der Waals surface area contributed by atoms with Gasteiger partial charge in [-0.15, -0.1) is 0 Å². The first kappa shape index (κ1) is 18.1. The molecule has 0 saturated heterocycles. The fourth-order valence-electron chi connectivity index (χ4n) is 3.46. The molecule has 0 amide bonds. The highest BCUT2D eigenvalue weighted by molar-refractivity contribution is 9.10. The van der Waals surface area contributed by atoms with Crippen molar-refractivity contribution in [2.75, 3.05) is 6.54 Å². The summed E-state index contributed by atoms with van der Waals surface area (Å²) in [4.78, 5) is 12.1. The highest BCUT2D eigenvalue weighted by Crippen LogP contribution is 2.63. The average Bonchev–Trinajstić information content (AvgIpc) is 3.27. The largest absolute Gasteiger partial charge is 0.481 e. The first-order chi connectivity index (χ1) is 11.7. The van der Waals surface area contributed by atoms with Gasteiger partial charge in [-0.1, -0.05) is 45.8 Å². The van der Waals surface area contributed by atoms with E-state index in [-0.39, 0.29) is 11.4 Å². The predicted octanol–water partition coefficient (Wildman–Crippen LogP) is 2.73. The van der Waals surface area contributed by atoms with E-state index in [9.17, 15) is 18.3 Å². The maximum Gasteiger partial charge on any atom is 0.312 e. The Balaban J connectivity index is 2.10. The lowest BCUT2D eigenvalue weighted by atomic mass is 9.99. The third-order valence-corrected chi connectivity index (χ3v) is 7.72. The van der Waals surface area contributed by atoms with Gasteiger partial charge in [0, 0.05) is 16.9 Å². The van der Waals surface area contributed by atoms with E-state index in [1.54, 1.807) is 36.4 Å². The van der Waals surface area contributed by atoms with E-state index < -0.39 is 32.4 Å². The Morgan fingerprint density at radius 3 is 2.20 bits per heavy atom. The zero-order valence-electron chi connectivity index (χ0n) is 13.5. The fourth-order valence-corrected chi connectivity index (χ4v) is 6.11. The van der Waals surface area contributed by atoms with Crippen LogP contribution in [0.2, 0.25) is 0 Å². The summed E-state index contributed by atoms with van der Waals surface area (Å²) in [7, 11) is -3.83. The number of carbonyl (C=O) groups is 1. The van der Waals surface area contributed by atoms with Crippen LogP contribution in [0.5, 0.6) is 0 Å². The number of hydrogen-bond acceptors (Lipinski definition) is 4. The lowest BCUT2D eigenvalue weighted by Crippen LogP contribution is -2.31. The van der Waals surface area contributed by atoms with Crippen molar-refractivity contribution in [1.29, 1.82) is 0 Å². The van der Waals surface area contributed by atoms with E-state index in [1.165, 1.54) is 12.1 Å². The van der Waals surface area contributed by atoms with E-state index in [0.29, 0.717) is 5.56 Å². The van der Waals surface area contributed by atoms with Gasteiger partial charge in [0.25, 0.3) is 0 Å². The molecule has 3 atom stereocenters. The third kappa shape index (κ3) is 2.80. The van der Waals surface area contributed by atoms with Crippen LogP contribution in [-0.2, 0) is 14.6 Å². The number of hydrogen-bond donors (Lipinski definition) is 2.